The van der Waals surface area contributed by atoms with Gasteiger partial charge in [-0.2, -0.15) is 4.98 Å². The van der Waals surface area contributed by atoms with Crippen LogP contribution in [0.3, 0.4) is 0 Å². The van der Waals surface area contributed by atoms with Crippen LogP contribution in [0.2, 0.25) is 0 Å². The molecule has 0 bridgehead atoms. The lowest BCUT2D eigenvalue weighted by molar-refractivity contribution is 0.266. The molecule has 1 aliphatic carbocycles. The minimum absolute atomic E-state index is 0.105. The van der Waals surface area contributed by atoms with Crippen molar-refractivity contribution in [2.24, 2.45) is 5.41 Å². The molecule has 29 heavy (non-hydrogen) atoms. The summed E-state index contributed by atoms with van der Waals surface area (Å²) in [7, 11) is 0. The molecule has 2 aliphatic rings. The van der Waals surface area contributed by atoms with E-state index in [4.69, 9.17) is 15.0 Å². The molecule has 0 amide bonds. The molecular weight excluding hydrogens is 382 g/mol. The van der Waals surface area contributed by atoms with E-state index in [2.05, 4.69) is 43.1 Å². The summed E-state index contributed by atoms with van der Waals surface area (Å²) in [6.45, 7) is 10.5. The zero-order valence-corrected chi connectivity index (χ0v) is 18.6. The molecule has 3 heterocycles. The number of aliphatic hydroxyl groups is 1. The van der Waals surface area contributed by atoms with E-state index in [9.17, 15) is 5.11 Å². The first-order valence-corrected chi connectivity index (χ1v) is 11.3. The van der Waals surface area contributed by atoms with E-state index in [0.29, 0.717) is 5.95 Å². The second-order valence-corrected chi connectivity index (χ2v) is 10.3. The maximum absolute atomic E-state index is 9.92. The minimum Gasteiger partial charge on any atom is -0.394 e. The summed E-state index contributed by atoms with van der Waals surface area (Å²) in [6.07, 6.45) is 8.49. The molecule has 1 atom stereocenters. The second-order valence-electron chi connectivity index (χ2n) is 9.19. The SMILES string of the molecule is Cc1nc(NCC(C)(C)C)nc(N2CCC[C@H]2CO)c1-c1nc2c(s1)CCC=C2. The zero-order valence-electron chi connectivity index (χ0n) is 17.8. The molecule has 1 fully saturated rings. The third kappa shape index (κ3) is 4.31. The number of aliphatic hydroxyl groups excluding tert-OH is 1. The van der Waals surface area contributed by atoms with E-state index >= 15 is 0 Å². The number of hydrogen-bond acceptors (Lipinski definition) is 7. The summed E-state index contributed by atoms with van der Waals surface area (Å²) in [6, 6.07) is 0.105. The van der Waals surface area contributed by atoms with Crippen LogP contribution in [0.15, 0.2) is 6.08 Å². The van der Waals surface area contributed by atoms with Gasteiger partial charge in [-0.3, -0.25) is 0 Å². The van der Waals surface area contributed by atoms with Gasteiger partial charge in [0.15, 0.2) is 0 Å². The highest BCUT2D eigenvalue weighted by molar-refractivity contribution is 7.15. The van der Waals surface area contributed by atoms with Gasteiger partial charge in [0.2, 0.25) is 5.95 Å². The van der Waals surface area contributed by atoms with E-state index in [0.717, 1.165) is 66.5 Å². The quantitative estimate of drug-likeness (QED) is 0.762. The Hall–Kier alpha value is -1.99. The fourth-order valence-corrected chi connectivity index (χ4v) is 5.09. The Morgan fingerprint density at radius 2 is 2.10 bits per heavy atom. The van der Waals surface area contributed by atoms with Gasteiger partial charge < -0.3 is 15.3 Å². The van der Waals surface area contributed by atoms with Gasteiger partial charge in [-0.15, -0.1) is 11.3 Å². The Morgan fingerprint density at radius 1 is 1.28 bits per heavy atom. The van der Waals surface area contributed by atoms with Crippen LogP contribution < -0.4 is 10.2 Å². The standard InChI is InChI=1S/C22H31N5OS/c1-14-18(20-25-16-9-5-6-10-17(16)29-20)19(27-11-7-8-15(27)12-28)26-21(24-14)23-13-22(2,3)4/h5,9,15,28H,6-8,10-13H2,1-4H3,(H,23,24,26)/t15-/m0/s1. The van der Waals surface area contributed by atoms with Gasteiger partial charge in [0, 0.05) is 18.0 Å². The maximum atomic E-state index is 9.92. The number of aromatic nitrogens is 3. The van der Waals surface area contributed by atoms with Gasteiger partial charge in [0.1, 0.15) is 10.8 Å². The maximum Gasteiger partial charge on any atom is 0.224 e. The third-order valence-corrected chi connectivity index (χ3v) is 6.61. The van der Waals surface area contributed by atoms with E-state index in [1.165, 1.54) is 4.88 Å². The Balaban J connectivity index is 1.78. The molecule has 2 aromatic heterocycles. The van der Waals surface area contributed by atoms with Crippen molar-refractivity contribution in [3.05, 3.63) is 22.3 Å². The van der Waals surface area contributed by atoms with Gasteiger partial charge in [0.25, 0.3) is 0 Å². The molecule has 0 unspecified atom stereocenters. The van der Waals surface area contributed by atoms with Crippen molar-refractivity contribution in [1.82, 2.24) is 15.0 Å². The second kappa shape index (κ2) is 8.03. The fraction of sp³-hybridized carbons (Fsp3) is 0.591. The molecule has 2 aromatic rings. The first-order valence-electron chi connectivity index (χ1n) is 10.5. The monoisotopic (exact) mass is 413 g/mol. The summed E-state index contributed by atoms with van der Waals surface area (Å²) in [4.78, 5) is 18.2. The number of fused-ring (bicyclic) bond motifs is 1. The molecule has 156 valence electrons. The van der Waals surface area contributed by atoms with E-state index in [1.54, 1.807) is 11.3 Å². The molecule has 7 heteroatoms. The Bertz CT molecular complexity index is 915. The third-order valence-electron chi connectivity index (χ3n) is 5.46. The Labute approximate surface area is 177 Å². The topological polar surface area (TPSA) is 74.2 Å². The summed E-state index contributed by atoms with van der Waals surface area (Å²) < 4.78 is 0. The van der Waals surface area contributed by atoms with Crippen molar-refractivity contribution >= 4 is 29.2 Å². The van der Waals surface area contributed by atoms with Gasteiger partial charge in [-0.05, 0) is 44.1 Å². The highest BCUT2D eigenvalue weighted by Crippen LogP contribution is 2.40. The number of hydrogen-bond donors (Lipinski definition) is 2. The van der Waals surface area contributed by atoms with Crippen molar-refractivity contribution in [2.75, 3.05) is 29.9 Å². The van der Waals surface area contributed by atoms with Crippen LogP contribution >= 0.6 is 11.3 Å². The molecule has 0 saturated carbocycles. The van der Waals surface area contributed by atoms with Crippen LogP contribution in [0.1, 0.15) is 56.3 Å². The van der Waals surface area contributed by atoms with Gasteiger partial charge in [0.05, 0.1) is 29.6 Å². The number of thiazole rings is 1. The number of anilines is 2. The molecule has 0 spiro atoms. The predicted molar refractivity (Wildman–Crippen MR) is 121 cm³/mol. The molecule has 4 rings (SSSR count). The molecule has 1 saturated heterocycles. The minimum atomic E-state index is 0.105. The predicted octanol–water partition coefficient (Wildman–Crippen LogP) is 4.29. The summed E-state index contributed by atoms with van der Waals surface area (Å²) in [5.74, 6) is 1.56. The number of aryl methyl sites for hydroxylation is 2. The lowest BCUT2D eigenvalue weighted by Gasteiger charge is -2.27. The van der Waals surface area contributed by atoms with Crippen molar-refractivity contribution in [3.8, 4) is 10.6 Å². The van der Waals surface area contributed by atoms with E-state index in [-0.39, 0.29) is 18.1 Å². The van der Waals surface area contributed by atoms with Crippen LogP contribution in [-0.4, -0.2) is 45.8 Å². The molecular formula is C22H31N5OS. The summed E-state index contributed by atoms with van der Waals surface area (Å²) >= 11 is 1.76. The first-order chi connectivity index (χ1) is 13.9. The van der Waals surface area contributed by atoms with Crippen LogP contribution in [-0.2, 0) is 6.42 Å². The van der Waals surface area contributed by atoms with Crippen LogP contribution in [0.25, 0.3) is 16.6 Å². The smallest absolute Gasteiger partial charge is 0.224 e. The first kappa shape index (κ1) is 20.3. The van der Waals surface area contributed by atoms with Crippen LogP contribution in [0.5, 0.6) is 0 Å². The van der Waals surface area contributed by atoms with Crippen LogP contribution in [0, 0.1) is 12.3 Å². The van der Waals surface area contributed by atoms with Crippen molar-refractivity contribution in [3.63, 3.8) is 0 Å². The van der Waals surface area contributed by atoms with Gasteiger partial charge >= 0.3 is 0 Å². The summed E-state index contributed by atoms with van der Waals surface area (Å²) in [5.41, 5.74) is 3.17. The van der Waals surface area contributed by atoms with Gasteiger partial charge in [-0.25, -0.2) is 9.97 Å². The van der Waals surface area contributed by atoms with Crippen molar-refractivity contribution in [2.45, 2.75) is 59.4 Å². The van der Waals surface area contributed by atoms with Gasteiger partial charge in [-0.1, -0.05) is 26.8 Å². The largest absolute Gasteiger partial charge is 0.394 e. The van der Waals surface area contributed by atoms with E-state index < -0.39 is 0 Å². The van der Waals surface area contributed by atoms with Crippen LogP contribution in [0.4, 0.5) is 11.8 Å². The molecule has 1 aliphatic heterocycles. The molecule has 0 aromatic carbocycles. The molecule has 2 N–H and O–H groups in total. The summed E-state index contributed by atoms with van der Waals surface area (Å²) in [5, 5.41) is 14.3. The zero-order chi connectivity index (χ0) is 20.6. The average Bonchev–Trinajstić information content (AvgIpc) is 3.31. The van der Waals surface area contributed by atoms with Crippen molar-refractivity contribution < 1.29 is 5.11 Å². The lowest BCUT2D eigenvalue weighted by atomic mass is 9.97. The number of allylic oxidation sites excluding steroid dienone is 1. The number of nitrogens with zero attached hydrogens (tertiary/aromatic N) is 4. The van der Waals surface area contributed by atoms with E-state index in [1.807, 2.05) is 6.92 Å². The Morgan fingerprint density at radius 3 is 2.83 bits per heavy atom. The molecule has 6 nitrogen and oxygen atoms in total. The van der Waals surface area contributed by atoms with Crippen molar-refractivity contribution in [1.29, 1.82) is 0 Å². The average molecular weight is 414 g/mol. The lowest BCUT2D eigenvalue weighted by Crippen LogP contribution is -2.33. The number of nitrogens with one attached hydrogen (secondary N) is 1. The normalized spacial score (nSPS) is 18.9. The molecule has 0 radical (unpaired) electrons. The fourth-order valence-electron chi connectivity index (χ4n) is 3.93. The Kier molecular flexibility index (Phi) is 5.62. The highest BCUT2D eigenvalue weighted by atomic mass is 32.1. The highest BCUT2D eigenvalue weighted by Gasteiger charge is 2.30. The number of rotatable bonds is 5.